The summed E-state index contributed by atoms with van der Waals surface area (Å²) in [5.74, 6) is 1.95. The van der Waals surface area contributed by atoms with Gasteiger partial charge in [-0.2, -0.15) is 0 Å². The number of nitrogens with zero attached hydrogens (tertiary/aromatic N) is 4. The standard InChI is InChI=1S/C45H26N4OS/c1-2-12-27(13-3-1)43-46-44(48-45(47-43)33-18-10-17-31-30-15-6-9-23-40(30)51-42(31)33)28-24-25-36-34(26-28)29-14-4-7-19-35(29)49(36)37-20-11-22-39-41(37)32-16-5-8-21-38(32)50-39/h1-26H. The third-order valence-electron chi connectivity index (χ3n) is 9.86. The summed E-state index contributed by atoms with van der Waals surface area (Å²) >= 11 is 1.78. The Labute approximate surface area is 295 Å². The zero-order valence-electron chi connectivity index (χ0n) is 27.1. The van der Waals surface area contributed by atoms with Crippen molar-refractivity contribution in [3.8, 4) is 39.9 Å². The molecule has 0 amide bonds. The third kappa shape index (κ3) is 4.30. The topological polar surface area (TPSA) is 56.7 Å². The van der Waals surface area contributed by atoms with Crippen LogP contribution in [-0.4, -0.2) is 19.5 Å². The van der Waals surface area contributed by atoms with E-state index in [-0.39, 0.29) is 0 Å². The first-order valence-electron chi connectivity index (χ1n) is 16.9. The molecular formula is C45H26N4OS. The molecule has 0 unspecified atom stereocenters. The predicted molar refractivity (Wildman–Crippen MR) is 211 cm³/mol. The minimum Gasteiger partial charge on any atom is -0.456 e. The first-order valence-corrected chi connectivity index (χ1v) is 17.8. The van der Waals surface area contributed by atoms with Crippen LogP contribution < -0.4 is 0 Å². The van der Waals surface area contributed by atoms with E-state index in [0.717, 1.165) is 66.1 Å². The molecule has 0 aliphatic heterocycles. The number of aromatic nitrogens is 4. The van der Waals surface area contributed by atoms with Crippen LogP contribution in [0.3, 0.4) is 0 Å². The molecule has 4 aromatic heterocycles. The average molecular weight is 671 g/mol. The summed E-state index contributed by atoms with van der Waals surface area (Å²) in [4.78, 5) is 15.4. The molecule has 5 nitrogen and oxygen atoms in total. The first-order chi connectivity index (χ1) is 25.3. The normalized spacial score (nSPS) is 11.9. The molecule has 11 aromatic rings. The SMILES string of the molecule is c1ccc(-c2nc(-c3ccc4c(c3)c3ccccc3n4-c3cccc4oc5ccccc5c34)nc(-c3cccc4c3sc3ccccc34)n2)cc1. The molecule has 0 atom stereocenters. The monoisotopic (exact) mass is 670 g/mol. The molecular weight excluding hydrogens is 645 g/mol. The summed E-state index contributed by atoms with van der Waals surface area (Å²) in [7, 11) is 0. The predicted octanol–water partition coefficient (Wildman–Crippen LogP) is 12.2. The second-order valence-electron chi connectivity index (χ2n) is 12.8. The highest BCUT2D eigenvalue weighted by atomic mass is 32.1. The number of hydrogen-bond acceptors (Lipinski definition) is 5. The molecule has 0 aliphatic rings. The Morgan fingerprint density at radius 3 is 2.02 bits per heavy atom. The fourth-order valence-electron chi connectivity index (χ4n) is 7.58. The lowest BCUT2D eigenvalue weighted by atomic mass is 10.1. The smallest absolute Gasteiger partial charge is 0.165 e. The largest absolute Gasteiger partial charge is 0.456 e. The highest BCUT2D eigenvalue weighted by Gasteiger charge is 2.20. The van der Waals surface area contributed by atoms with Crippen molar-refractivity contribution in [2.24, 2.45) is 0 Å². The van der Waals surface area contributed by atoms with Gasteiger partial charge in [0.05, 0.1) is 22.1 Å². The highest BCUT2D eigenvalue weighted by Crippen LogP contribution is 2.41. The van der Waals surface area contributed by atoms with Crippen LogP contribution >= 0.6 is 11.3 Å². The molecule has 0 bridgehead atoms. The van der Waals surface area contributed by atoms with Crippen LogP contribution in [0.15, 0.2) is 162 Å². The first kappa shape index (κ1) is 28.2. The Kier molecular flexibility index (Phi) is 6.05. The van der Waals surface area contributed by atoms with Gasteiger partial charge in [-0.15, -0.1) is 11.3 Å². The Bertz CT molecular complexity index is 3150. The minimum atomic E-state index is 0.638. The van der Waals surface area contributed by atoms with Crippen molar-refractivity contribution in [2.75, 3.05) is 0 Å². The van der Waals surface area contributed by atoms with Gasteiger partial charge in [-0.25, -0.2) is 15.0 Å². The number of fused-ring (bicyclic) bond motifs is 9. The molecule has 4 heterocycles. The van der Waals surface area contributed by atoms with Crippen molar-refractivity contribution in [1.29, 1.82) is 0 Å². The van der Waals surface area contributed by atoms with E-state index in [2.05, 4.69) is 126 Å². The third-order valence-corrected chi connectivity index (χ3v) is 11.1. The van der Waals surface area contributed by atoms with Gasteiger partial charge in [0.1, 0.15) is 11.2 Å². The van der Waals surface area contributed by atoms with Gasteiger partial charge in [0.15, 0.2) is 17.5 Å². The van der Waals surface area contributed by atoms with E-state index in [9.17, 15) is 0 Å². The highest BCUT2D eigenvalue weighted by molar-refractivity contribution is 7.26. The van der Waals surface area contributed by atoms with E-state index >= 15 is 0 Å². The van der Waals surface area contributed by atoms with E-state index in [1.54, 1.807) is 11.3 Å². The van der Waals surface area contributed by atoms with Crippen molar-refractivity contribution in [3.63, 3.8) is 0 Å². The van der Waals surface area contributed by atoms with Gasteiger partial charge < -0.3 is 8.98 Å². The Hall–Kier alpha value is -6.63. The van der Waals surface area contributed by atoms with Crippen LogP contribution in [0.2, 0.25) is 0 Å². The molecule has 0 fully saturated rings. The van der Waals surface area contributed by atoms with Crippen molar-refractivity contribution < 1.29 is 4.42 Å². The molecule has 0 spiro atoms. The summed E-state index contributed by atoms with van der Waals surface area (Å²) in [6.45, 7) is 0. The van der Waals surface area contributed by atoms with E-state index in [4.69, 9.17) is 19.4 Å². The van der Waals surface area contributed by atoms with Crippen LogP contribution in [-0.2, 0) is 0 Å². The lowest BCUT2D eigenvalue weighted by molar-refractivity contribution is 0.669. The van der Waals surface area contributed by atoms with E-state index in [1.165, 1.54) is 20.2 Å². The summed E-state index contributed by atoms with van der Waals surface area (Å²) in [5.41, 5.74) is 7.95. The summed E-state index contributed by atoms with van der Waals surface area (Å²) in [5, 5.41) is 6.95. The van der Waals surface area contributed by atoms with Crippen molar-refractivity contribution in [3.05, 3.63) is 158 Å². The Balaban J connectivity index is 1.15. The van der Waals surface area contributed by atoms with Crippen molar-refractivity contribution >= 4 is 75.3 Å². The quantitative estimate of drug-likeness (QED) is 0.187. The number of hydrogen-bond donors (Lipinski definition) is 0. The van der Waals surface area contributed by atoms with Crippen LogP contribution in [0, 0.1) is 0 Å². The fourth-order valence-corrected chi connectivity index (χ4v) is 8.79. The Morgan fingerprint density at radius 2 is 1.12 bits per heavy atom. The number of thiophene rings is 1. The van der Waals surface area contributed by atoms with E-state index in [0.29, 0.717) is 17.5 Å². The summed E-state index contributed by atoms with van der Waals surface area (Å²) in [6.07, 6.45) is 0. The van der Waals surface area contributed by atoms with Crippen molar-refractivity contribution in [2.45, 2.75) is 0 Å². The maximum Gasteiger partial charge on any atom is 0.165 e. The molecule has 51 heavy (non-hydrogen) atoms. The maximum atomic E-state index is 6.30. The summed E-state index contributed by atoms with van der Waals surface area (Å²) in [6, 6.07) is 54.9. The number of rotatable bonds is 4. The summed E-state index contributed by atoms with van der Waals surface area (Å²) < 4.78 is 11.1. The lowest BCUT2D eigenvalue weighted by Gasteiger charge is -2.11. The zero-order chi connectivity index (χ0) is 33.5. The Morgan fingerprint density at radius 1 is 0.451 bits per heavy atom. The van der Waals surface area contributed by atoms with Gasteiger partial charge in [0.25, 0.3) is 0 Å². The van der Waals surface area contributed by atoms with Gasteiger partial charge in [-0.05, 0) is 54.6 Å². The minimum absolute atomic E-state index is 0.638. The van der Waals surface area contributed by atoms with Crippen LogP contribution in [0.5, 0.6) is 0 Å². The number of para-hydroxylation sites is 2. The lowest BCUT2D eigenvalue weighted by Crippen LogP contribution is -2.00. The van der Waals surface area contributed by atoms with E-state index in [1.807, 2.05) is 36.4 Å². The second kappa shape index (κ2) is 10.9. The van der Waals surface area contributed by atoms with E-state index < -0.39 is 0 Å². The molecule has 0 radical (unpaired) electrons. The molecule has 0 aliphatic carbocycles. The average Bonchev–Trinajstić information content (AvgIpc) is 3.87. The molecule has 0 saturated heterocycles. The molecule has 11 rings (SSSR count). The molecule has 7 aromatic carbocycles. The van der Waals surface area contributed by atoms with Crippen molar-refractivity contribution in [1.82, 2.24) is 19.5 Å². The second-order valence-corrected chi connectivity index (χ2v) is 13.8. The van der Waals surface area contributed by atoms with Gasteiger partial charge in [-0.1, -0.05) is 103 Å². The van der Waals surface area contributed by atoms with Crippen LogP contribution in [0.25, 0.3) is 104 Å². The van der Waals surface area contributed by atoms with Gasteiger partial charge in [0, 0.05) is 53.0 Å². The number of benzene rings is 7. The van der Waals surface area contributed by atoms with Crippen LogP contribution in [0.1, 0.15) is 0 Å². The molecule has 0 N–H and O–H groups in total. The van der Waals surface area contributed by atoms with Gasteiger partial charge >= 0.3 is 0 Å². The molecule has 0 saturated carbocycles. The molecule has 238 valence electrons. The zero-order valence-corrected chi connectivity index (χ0v) is 27.9. The van der Waals surface area contributed by atoms with Gasteiger partial charge in [-0.3, -0.25) is 0 Å². The number of furan rings is 1. The van der Waals surface area contributed by atoms with Crippen LogP contribution in [0.4, 0.5) is 0 Å². The maximum absolute atomic E-state index is 6.30. The molecule has 6 heteroatoms. The van der Waals surface area contributed by atoms with Gasteiger partial charge in [0.2, 0.25) is 0 Å². The fraction of sp³-hybridized carbons (Fsp3) is 0.